The lowest BCUT2D eigenvalue weighted by atomic mass is 10.1. The van der Waals surface area contributed by atoms with E-state index in [4.69, 9.17) is 9.26 Å². The Morgan fingerprint density at radius 1 is 1.32 bits per heavy atom. The quantitative estimate of drug-likeness (QED) is 0.764. The van der Waals surface area contributed by atoms with Gasteiger partial charge in [-0.05, 0) is 45.4 Å². The fraction of sp³-hybridized carbons (Fsp3) is 0.833. The number of likely N-dealkylation sites (tertiary alicyclic amines) is 1. The number of aromatic nitrogens is 2. The minimum Gasteiger partial charge on any atom is -0.381 e. The maximum absolute atomic E-state index is 12.3. The van der Waals surface area contributed by atoms with Crippen molar-refractivity contribution in [2.24, 2.45) is 5.92 Å². The van der Waals surface area contributed by atoms with Crippen molar-refractivity contribution >= 4 is 6.03 Å². The van der Waals surface area contributed by atoms with Crippen LogP contribution in [0.3, 0.4) is 0 Å². The predicted octanol–water partition coefficient (Wildman–Crippen LogP) is 3.07. The van der Waals surface area contributed by atoms with E-state index < -0.39 is 0 Å². The summed E-state index contributed by atoms with van der Waals surface area (Å²) in [5, 5.41) is 7.00. The zero-order valence-corrected chi connectivity index (χ0v) is 15.4. The highest BCUT2D eigenvalue weighted by Crippen LogP contribution is 2.31. The normalized spacial score (nSPS) is 21.4. The van der Waals surface area contributed by atoms with Gasteiger partial charge >= 0.3 is 6.03 Å². The molecule has 0 bridgehead atoms. The van der Waals surface area contributed by atoms with Gasteiger partial charge in [0.2, 0.25) is 5.89 Å². The average Bonchev–Trinajstić information content (AvgIpc) is 3.30. The molecule has 2 aliphatic rings. The van der Waals surface area contributed by atoms with Gasteiger partial charge in [0.1, 0.15) is 6.04 Å². The first-order chi connectivity index (χ1) is 12.1. The first-order valence-corrected chi connectivity index (χ1v) is 9.61. The van der Waals surface area contributed by atoms with Crippen molar-refractivity contribution in [2.75, 3.05) is 19.8 Å². The molecule has 25 heavy (non-hydrogen) atoms. The van der Waals surface area contributed by atoms with E-state index in [0.717, 1.165) is 31.9 Å². The van der Waals surface area contributed by atoms with Crippen molar-refractivity contribution < 1.29 is 14.1 Å². The number of nitrogens with one attached hydrogen (secondary N) is 1. The van der Waals surface area contributed by atoms with Crippen LogP contribution < -0.4 is 5.32 Å². The molecule has 3 rings (SSSR count). The first-order valence-electron chi connectivity index (χ1n) is 9.61. The summed E-state index contributed by atoms with van der Waals surface area (Å²) in [6.07, 6.45) is 7.74. The van der Waals surface area contributed by atoms with Crippen LogP contribution in [-0.2, 0) is 11.2 Å². The molecule has 1 unspecified atom stereocenters. The van der Waals surface area contributed by atoms with E-state index in [1.165, 1.54) is 25.7 Å². The molecule has 0 radical (unpaired) electrons. The number of hydrogen-bond acceptors (Lipinski definition) is 5. The van der Waals surface area contributed by atoms with Gasteiger partial charge in [-0.15, -0.1) is 0 Å². The fourth-order valence-corrected chi connectivity index (χ4v) is 3.69. The molecule has 7 nitrogen and oxygen atoms in total. The van der Waals surface area contributed by atoms with E-state index >= 15 is 0 Å². The van der Waals surface area contributed by atoms with E-state index in [0.29, 0.717) is 24.7 Å². The summed E-state index contributed by atoms with van der Waals surface area (Å²) < 4.78 is 11.2. The number of hydrogen-bond donors (Lipinski definition) is 1. The molecule has 0 spiro atoms. The van der Waals surface area contributed by atoms with Crippen LogP contribution in [0.2, 0.25) is 0 Å². The Hall–Kier alpha value is -1.63. The van der Waals surface area contributed by atoms with Crippen molar-refractivity contribution in [3.05, 3.63) is 11.7 Å². The van der Waals surface area contributed by atoms with Crippen LogP contribution in [0.15, 0.2) is 4.52 Å². The third kappa shape index (κ3) is 4.93. The number of nitrogens with zero attached hydrogens (tertiary/aromatic N) is 3. The molecule has 7 heteroatoms. The standard InChI is InChI=1S/C18H30N4O3/c1-13(2)19-18(23)22-10-5-8-15(22)17-20-16(21-25-17)9-11-24-12-14-6-3-4-7-14/h13-15H,3-12H2,1-2H3,(H,19,23). The molecule has 0 aromatic carbocycles. The Labute approximate surface area is 149 Å². The Bertz CT molecular complexity index is 554. The van der Waals surface area contributed by atoms with Crippen LogP contribution in [0.25, 0.3) is 0 Å². The molecule has 2 amide bonds. The number of urea groups is 1. The lowest BCUT2D eigenvalue weighted by molar-refractivity contribution is 0.102. The molecular weight excluding hydrogens is 320 g/mol. The van der Waals surface area contributed by atoms with Crippen LogP contribution >= 0.6 is 0 Å². The molecular formula is C18H30N4O3. The summed E-state index contributed by atoms with van der Waals surface area (Å²) in [5.41, 5.74) is 0. The molecule has 1 saturated carbocycles. The topological polar surface area (TPSA) is 80.5 Å². The van der Waals surface area contributed by atoms with E-state index in [1.807, 2.05) is 13.8 Å². The van der Waals surface area contributed by atoms with Crippen molar-refractivity contribution in [3.8, 4) is 0 Å². The summed E-state index contributed by atoms with van der Waals surface area (Å²) in [6, 6.07) is -0.0550. The zero-order valence-electron chi connectivity index (χ0n) is 15.4. The van der Waals surface area contributed by atoms with Crippen molar-refractivity contribution in [3.63, 3.8) is 0 Å². The SMILES string of the molecule is CC(C)NC(=O)N1CCCC1c1nc(CCOCC2CCCC2)no1. The second kappa shape index (κ2) is 8.65. The molecule has 1 aliphatic heterocycles. The van der Waals surface area contributed by atoms with Gasteiger partial charge < -0.3 is 19.5 Å². The minimum atomic E-state index is -0.112. The molecule has 2 heterocycles. The molecule has 1 aliphatic carbocycles. The molecule has 1 aromatic heterocycles. The van der Waals surface area contributed by atoms with E-state index in [2.05, 4.69) is 15.5 Å². The lowest BCUT2D eigenvalue weighted by Crippen LogP contribution is -2.42. The lowest BCUT2D eigenvalue weighted by Gasteiger charge is -2.23. The Balaban J connectivity index is 1.47. The molecule has 1 atom stereocenters. The van der Waals surface area contributed by atoms with Gasteiger partial charge in [-0.1, -0.05) is 18.0 Å². The van der Waals surface area contributed by atoms with Crippen LogP contribution in [0.1, 0.15) is 70.1 Å². The first kappa shape index (κ1) is 18.2. The zero-order chi connectivity index (χ0) is 17.6. The van der Waals surface area contributed by atoms with Crippen LogP contribution in [0.4, 0.5) is 4.79 Å². The summed E-state index contributed by atoms with van der Waals surface area (Å²) in [7, 11) is 0. The number of carbonyl (C=O) groups excluding carboxylic acids is 1. The monoisotopic (exact) mass is 350 g/mol. The number of ether oxygens (including phenoxy) is 1. The molecule has 140 valence electrons. The molecule has 1 saturated heterocycles. The fourth-order valence-electron chi connectivity index (χ4n) is 3.69. The van der Waals surface area contributed by atoms with Crippen molar-refractivity contribution in [1.82, 2.24) is 20.4 Å². The van der Waals surface area contributed by atoms with Gasteiger partial charge in [-0.2, -0.15) is 4.98 Å². The van der Waals surface area contributed by atoms with Gasteiger partial charge in [-0.25, -0.2) is 4.79 Å². The van der Waals surface area contributed by atoms with Crippen molar-refractivity contribution in [2.45, 2.75) is 70.9 Å². The average molecular weight is 350 g/mol. The second-order valence-corrected chi connectivity index (χ2v) is 7.48. The minimum absolute atomic E-state index is 0.0582. The summed E-state index contributed by atoms with van der Waals surface area (Å²) in [6.45, 7) is 6.11. The second-order valence-electron chi connectivity index (χ2n) is 7.48. The smallest absolute Gasteiger partial charge is 0.318 e. The van der Waals surface area contributed by atoms with Gasteiger partial charge in [0.25, 0.3) is 0 Å². The maximum atomic E-state index is 12.3. The van der Waals surface area contributed by atoms with Crippen LogP contribution in [0, 0.1) is 5.92 Å². The van der Waals surface area contributed by atoms with Crippen LogP contribution in [-0.4, -0.2) is 46.9 Å². The summed E-state index contributed by atoms with van der Waals surface area (Å²) in [4.78, 5) is 18.6. The summed E-state index contributed by atoms with van der Waals surface area (Å²) in [5.74, 6) is 1.94. The number of carbonyl (C=O) groups is 1. The largest absolute Gasteiger partial charge is 0.381 e. The Morgan fingerprint density at radius 2 is 2.12 bits per heavy atom. The molecule has 1 N–H and O–H groups in total. The van der Waals surface area contributed by atoms with E-state index in [-0.39, 0.29) is 18.1 Å². The maximum Gasteiger partial charge on any atom is 0.318 e. The van der Waals surface area contributed by atoms with Gasteiger partial charge in [-0.3, -0.25) is 0 Å². The molecule has 2 fully saturated rings. The van der Waals surface area contributed by atoms with Crippen molar-refractivity contribution in [1.29, 1.82) is 0 Å². The molecule has 1 aromatic rings. The van der Waals surface area contributed by atoms with E-state index in [1.54, 1.807) is 4.90 Å². The number of rotatable bonds is 7. The highest BCUT2D eigenvalue weighted by Gasteiger charge is 2.34. The number of amides is 2. The highest BCUT2D eigenvalue weighted by atomic mass is 16.5. The van der Waals surface area contributed by atoms with Gasteiger partial charge in [0.05, 0.1) is 6.61 Å². The summed E-state index contributed by atoms with van der Waals surface area (Å²) >= 11 is 0. The Kier molecular flexibility index (Phi) is 6.29. The van der Waals surface area contributed by atoms with Gasteiger partial charge in [0.15, 0.2) is 5.82 Å². The van der Waals surface area contributed by atoms with Gasteiger partial charge in [0, 0.05) is 25.6 Å². The third-order valence-corrected chi connectivity index (χ3v) is 4.99. The van der Waals surface area contributed by atoms with Crippen LogP contribution in [0.5, 0.6) is 0 Å². The third-order valence-electron chi connectivity index (χ3n) is 4.99. The highest BCUT2D eigenvalue weighted by molar-refractivity contribution is 5.75. The van der Waals surface area contributed by atoms with E-state index in [9.17, 15) is 4.79 Å². The Morgan fingerprint density at radius 3 is 2.88 bits per heavy atom. The predicted molar refractivity (Wildman–Crippen MR) is 93.1 cm³/mol.